The van der Waals surface area contributed by atoms with Gasteiger partial charge in [-0.25, -0.2) is 0 Å². The Hall–Kier alpha value is -2.27. The highest BCUT2D eigenvalue weighted by Crippen LogP contribution is 2.39. The maximum Gasteiger partial charge on any atom is 0.302 e. The summed E-state index contributed by atoms with van der Waals surface area (Å²) in [6, 6.07) is 3.50. The van der Waals surface area contributed by atoms with E-state index in [9.17, 15) is 4.79 Å². The summed E-state index contributed by atoms with van der Waals surface area (Å²) in [4.78, 5) is 11.5. The molecule has 0 saturated heterocycles. The van der Waals surface area contributed by atoms with Gasteiger partial charge in [0.25, 0.3) is 0 Å². The number of benzene rings is 1. The van der Waals surface area contributed by atoms with E-state index < -0.39 is 5.97 Å². The molecule has 0 spiro atoms. The zero-order valence-corrected chi connectivity index (χ0v) is 29.3. The Morgan fingerprint density at radius 1 is 0.532 bits per heavy atom. The molecular formula is C33H58O14. The van der Waals surface area contributed by atoms with E-state index in [1.54, 1.807) is 26.4 Å². The van der Waals surface area contributed by atoms with Crippen LogP contribution in [-0.2, 0) is 58.8 Å². The summed E-state index contributed by atoms with van der Waals surface area (Å²) in [5.74, 6) is 0.820. The van der Waals surface area contributed by atoms with Crippen molar-refractivity contribution in [3.05, 3.63) is 17.7 Å². The fourth-order valence-electron chi connectivity index (χ4n) is 3.54. The number of rotatable bonds is 32. The maximum atomic E-state index is 11.5. The summed E-state index contributed by atoms with van der Waals surface area (Å²) in [5, 5.41) is 0. The molecule has 14 heteroatoms. The Balaban J connectivity index is 2.75. The van der Waals surface area contributed by atoms with Crippen LogP contribution in [0.15, 0.2) is 12.1 Å². The van der Waals surface area contributed by atoms with Crippen LogP contribution in [0.4, 0.5) is 0 Å². The molecule has 0 radical (unpaired) electrons. The molecule has 274 valence electrons. The fraction of sp³-hybridized carbons (Fsp3) is 0.788. The summed E-state index contributed by atoms with van der Waals surface area (Å²) >= 11 is 0. The molecule has 0 bridgehead atoms. The molecule has 0 amide bonds. The van der Waals surface area contributed by atoms with Crippen LogP contribution in [0.2, 0.25) is 0 Å². The number of hydrogen-bond donors (Lipinski definition) is 0. The summed E-state index contributed by atoms with van der Waals surface area (Å²) in [7, 11) is 3.25. The first-order chi connectivity index (χ1) is 22.8. The van der Waals surface area contributed by atoms with Gasteiger partial charge in [0, 0.05) is 21.1 Å². The third kappa shape index (κ3) is 25.4. The van der Waals surface area contributed by atoms with Crippen molar-refractivity contribution in [1.82, 2.24) is 0 Å². The summed E-state index contributed by atoms with van der Waals surface area (Å²) in [6.07, 6.45) is 0. The number of hydrogen-bond acceptors (Lipinski definition) is 14. The SMILES string of the molecule is COCCOCCOCCOc1cc(COC(C)=O)cc(OCCOCCOCCOC)c1OCCOCCOCCOC(C)(C)C. The van der Waals surface area contributed by atoms with Gasteiger partial charge in [0.05, 0.1) is 105 Å². The Labute approximate surface area is 280 Å². The monoisotopic (exact) mass is 678 g/mol. The molecule has 0 aromatic heterocycles. The van der Waals surface area contributed by atoms with Crippen molar-refractivity contribution >= 4 is 5.97 Å². The second-order valence-corrected chi connectivity index (χ2v) is 10.9. The van der Waals surface area contributed by atoms with Crippen LogP contribution in [0, 0.1) is 0 Å². The van der Waals surface area contributed by atoms with Crippen LogP contribution in [0.5, 0.6) is 17.2 Å². The minimum atomic E-state index is -0.402. The smallest absolute Gasteiger partial charge is 0.302 e. The van der Waals surface area contributed by atoms with Gasteiger partial charge in [0.1, 0.15) is 26.4 Å². The van der Waals surface area contributed by atoms with Crippen molar-refractivity contribution in [3.8, 4) is 17.2 Å². The van der Waals surface area contributed by atoms with E-state index in [1.165, 1.54) is 6.92 Å². The Morgan fingerprint density at radius 2 is 0.894 bits per heavy atom. The molecule has 0 fully saturated rings. The van der Waals surface area contributed by atoms with Gasteiger partial charge in [0.2, 0.25) is 5.75 Å². The number of carbonyl (C=O) groups is 1. The Morgan fingerprint density at radius 3 is 1.28 bits per heavy atom. The highest BCUT2D eigenvalue weighted by molar-refractivity contribution is 5.66. The Bertz CT molecular complexity index is 850. The van der Waals surface area contributed by atoms with E-state index in [2.05, 4.69) is 0 Å². The van der Waals surface area contributed by atoms with Crippen LogP contribution < -0.4 is 14.2 Å². The molecule has 0 aliphatic rings. The third-order valence-corrected chi connectivity index (χ3v) is 5.71. The lowest BCUT2D eigenvalue weighted by atomic mass is 10.2. The summed E-state index contributed by atoms with van der Waals surface area (Å²) in [5.41, 5.74) is 0.473. The van der Waals surface area contributed by atoms with Crippen LogP contribution >= 0.6 is 0 Å². The van der Waals surface area contributed by atoms with Crippen LogP contribution in [0.3, 0.4) is 0 Å². The van der Waals surface area contributed by atoms with Crippen molar-refractivity contribution in [2.24, 2.45) is 0 Å². The normalized spacial score (nSPS) is 11.5. The molecule has 0 N–H and O–H groups in total. The van der Waals surface area contributed by atoms with Gasteiger partial charge in [-0.15, -0.1) is 0 Å². The van der Waals surface area contributed by atoms with Gasteiger partial charge in [-0.1, -0.05) is 0 Å². The molecule has 1 aromatic carbocycles. The number of esters is 1. The van der Waals surface area contributed by atoms with Gasteiger partial charge in [-0.2, -0.15) is 0 Å². The van der Waals surface area contributed by atoms with E-state index in [-0.39, 0.29) is 32.0 Å². The number of ether oxygens (including phenoxy) is 13. The molecule has 0 saturated carbocycles. The predicted molar refractivity (Wildman–Crippen MR) is 173 cm³/mol. The van der Waals surface area contributed by atoms with E-state index in [0.717, 1.165) is 0 Å². The Kier molecular flexibility index (Phi) is 26.1. The molecule has 0 aliphatic carbocycles. The molecule has 14 nitrogen and oxygen atoms in total. The van der Waals surface area contributed by atoms with Gasteiger partial charge in [-0.3, -0.25) is 4.79 Å². The van der Waals surface area contributed by atoms with Gasteiger partial charge >= 0.3 is 5.97 Å². The van der Waals surface area contributed by atoms with E-state index in [4.69, 9.17) is 61.6 Å². The van der Waals surface area contributed by atoms with Crippen molar-refractivity contribution < 1.29 is 66.4 Å². The molecular weight excluding hydrogens is 620 g/mol. The lowest BCUT2D eigenvalue weighted by molar-refractivity contribution is -0.142. The molecule has 47 heavy (non-hydrogen) atoms. The fourth-order valence-corrected chi connectivity index (χ4v) is 3.54. The van der Waals surface area contributed by atoms with Gasteiger partial charge in [-0.05, 0) is 38.5 Å². The molecule has 0 atom stereocenters. The average Bonchev–Trinajstić information content (AvgIpc) is 3.03. The minimum Gasteiger partial charge on any atom is -0.487 e. The van der Waals surface area contributed by atoms with E-state index in [1.807, 2.05) is 20.8 Å². The zero-order valence-electron chi connectivity index (χ0n) is 29.3. The molecule has 0 heterocycles. The van der Waals surface area contributed by atoms with Crippen LogP contribution in [0.1, 0.15) is 33.3 Å². The van der Waals surface area contributed by atoms with Crippen LogP contribution in [0.25, 0.3) is 0 Å². The number of methoxy groups -OCH3 is 2. The topological polar surface area (TPSA) is 137 Å². The molecule has 0 aliphatic heterocycles. The second-order valence-electron chi connectivity index (χ2n) is 10.9. The predicted octanol–water partition coefficient (Wildman–Crippen LogP) is 3.09. The minimum absolute atomic E-state index is 0.0386. The highest BCUT2D eigenvalue weighted by atomic mass is 16.6. The van der Waals surface area contributed by atoms with E-state index >= 15 is 0 Å². The lowest BCUT2D eigenvalue weighted by Crippen LogP contribution is -2.22. The second kappa shape index (κ2) is 28.7. The van der Waals surface area contributed by atoms with Gasteiger partial charge in [0.15, 0.2) is 11.5 Å². The maximum absolute atomic E-state index is 11.5. The highest BCUT2D eigenvalue weighted by Gasteiger charge is 2.17. The summed E-state index contributed by atoms with van der Waals surface area (Å²) in [6.45, 7) is 14.7. The molecule has 0 unspecified atom stereocenters. The van der Waals surface area contributed by atoms with Crippen molar-refractivity contribution in [2.45, 2.75) is 39.9 Å². The third-order valence-electron chi connectivity index (χ3n) is 5.71. The van der Waals surface area contributed by atoms with Crippen molar-refractivity contribution in [3.63, 3.8) is 0 Å². The van der Waals surface area contributed by atoms with E-state index in [0.29, 0.717) is 122 Å². The van der Waals surface area contributed by atoms with Gasteiger partial charge < -0.3 is 61.6 Å². The molecule has 1 rings (SSSR count). The molecule has 1 aromatic rings. The first-order valence-corrected chi connectivity index (χ1v) is 16.0. The van der Waals surface area contributed by atoms with Crippen LogP contribution in [-0.4, -0.2) is 145 Å². The summed E-state index contributed by atoms with van der Waals surface area (Å²) < 4.78 is 72.3. The van der Waals surface area contributed by atoms with Crippen molar-refractivity contribution in [1.29, 1.82) is 0 Å². The largest absolute Gasteiger partial charge is 0.487 e. The average molecular weight is 679 g/mol. The first-order valence-electron chi connectivity index (χ1n) is 16.0. The zero-order chi connectivity index (χ0) is 34.4. The van der Waals surface area contributed by atoms with Crippen molar-refractivity contribution in [2.75, 3.05) is 133 Å². The quantitative estimate of drug-likeness (QED) is 0.0815. The lowest BCUT2D eigenvalue weighted by Gasteiger charge is -2.19. The number of carbonyl (C=O) groups excluding carboxylic acids is 1. The first kappa shape index (κ1) is 42.8. The standard InChI is InChI=1S/C33H58O14/c1-28(34)46-27-29-25-30(43-21-17-39-13-11-37-9-7-35-5)32(31(26-29)44-22-18-40-14-12-38-10-8-36-6)45-23-19-41-15-16-42-20-24-47-33(2,3)4/h25-26H,7-24,27H2,1-6H3.